The van der Waals surface area contributed by atoms with Gasteiger partial charge in [-0.1, -0.05) is 0 Å². The number of rotatable bonds is 4. The summed E-state index contributed by atoms with van der Waals surface area (Å²) in [5, 5.41) is 1.19. The number of thiophene rings is 1. The van der Waals surface area contributed by atoms with E-state index in [0.29, 0.717) is 5.92 Å². The van der Waals surface area contributed by atoms with Gasteiger partial charge in [0, 0.05) is 25.6 Å². The van der Waals surface area contributed by atoms with Crippen LogP contribution < -0.4 is 10.6 Å². The SMILES string of the molecule is CN(C)c1sc(C(=O)C2CC2)c(N)c1C1CC1. The Kier molecular flexibility index (Phi) is 2.43. The van der Waals surface area contributed by atoms with E-state index in [1.807, 2.05) is 14.1 Å². The molecule has 3 nitrogen and oxygen atoms in total. The number of carbonyl (C=O) groups is 1. The summed E-state index contributed by atoms with van der Waals surface area (Å²) in [5.74, 6) is 1.14. The van der Waals surface area contributed by atoms with Gasteiger partial charge < -0.3 is 10.6 Å². The Bertz CT molecular complexity index is 470. The molecule has 0 saturated heterocycles. The second-order valence-electron chi connectivity index (χ2n) is 5.37. The largest absolute Gasteiger partial charge is 0.397 e. The number of hydrogen-bond donors (Lipinski definition) is 1. The highest BCUT2D eigenvalue weighted by atomic mass is 32.1. The van der Waals surface area contributed by atoms with E-state index in [9.17, 15) is 4.79 Å². The first-order chi connectivity index (χ1) is 8.09. The molecule has 0 bridgehead atoms. The zero-order chi connectivity index (χ0) is 12.2. The molecular weight excluding hydrogens is 232 g/mol. The van der Waals surface area contributed by atoms with Crippen molar-refractivity contribution in [3.05, 3.63) is 10.4 Å². The van der Waals surface area contributed by atoms with E-state index in [1.165, 1.54) is 23.4 Å². The third kappa shape index (κ3) is 1.84. The summed E-state index contributed by atoms with van der Waals surface area (Å²) < 4.78 is 0. The second-order valence-corrected chi connectivity index (χ2v) is 6.37. The monoisotopic (exact) mass is 250 g/mol. The Hall–Kier alpha value is -1.03. The van der Waals surface area contributed by atoms with Crippen molar-refractivity contribution < 1.29 is 4.79 Å². The molecule has 1 aromatic rings. The number of hydrogen-bond acceptors (Lipinski definition) is 4. The van der Waals surface area contributed by atoms with Crippen molar-refractivity contribution in [2.75, 3.05) is 24.7 Å². The normalized spacial score (nSPS) is 19.4. The number of ketones is 1. The molecule has 17 heavy (non-hydrogen) atoms. The molecule has 2 N–H and O–H groups in total. The Morgan fingerprint density at radius 1 is 1.29 bits per heavy atom. The molecular formula is C13H18N2OS. The lowest BCUT2D eigenvalue weighted by Crippen LogP contribution is -2.09. The van der Waals surface area contributed by atoms with Crippen molar-refractivity contribution in [3.63, 3.8) is 0 Å². The van der Waals surface area contributed by atoms with Crippen LogP contribution in [0.5, 0.6) is 0 Å². The fraction of sp³-hybridized carbons (Fsp3) is 0.615. The minimum Gasteiger partial charge on any atom is -0.397 e. The summed E-state index contributed by atoms with van der Waals surface area (Å²) in [6, 6.07) is 0. The van der Waals surface area contributed by atoms with Gasteiger partial charge in [0.2, 0.25) is 0 Å². The van der Waals surface area contributed by atoms with Gasteiger partial charge in [-0.15, -0.1) is 11.3 Å². The average Bonchev–Trinajstić information content (AvgIpc) is 3.14. The first-order valence-corrected chi connectivity index (χ1v) is 7.05. The van der Waals surface area contributed by atoms with Gasteiger partial charge in [-0.2, -0.15) is 0 Å². The lowest BCUT2D eigenvalue weighted by atomic mass is 10.1. The highest BCUT2D eigenvalue weighted by Gasteiger charge is 2.37. The van der Waals surface area contributed by atoms with Crippen molar-refractivity contribution >= 4 is 27.8 Å². The van der Waals surface area contributed by atoms with Crippen LogP contribution in [0, 0.1) is 5.92 Å². The van der Waals surface area contributed by atoms with Gasteiger partial charge >= 0.3 is 0 Å². The third-order valence-electron chi connectivity index (χ3n) is 3.53. The van der Waals surface area contributed by atoms with Crippen LogP contribution in [0.3, 0.4) is 0 Å². The number of nitrogens with zero attached hydrogens (tertiary/aromatic N) is 1. The van der Waals surface area contributed by atoms with Gasteiger partial charge in [0.1, 0.15) is 0 Å². The molecule has 1 heterocycles. The van der Waals surface area contributed by atoms with Gasteiger partial charge in [-0.05, 0) is 31.6 Å². The minimum atomic E-state index is 0.262. The highest BCUT2D eigenvalue weighted by molar-refractivity contribution is 7.19. The van der Waals surface area contributed by atoms with E-state index in [1.54, 1.807) is 11.3 Å². The van der Waals surface area contributed by atoms with Crippen molar-refractivity contribution in [2.45, 2.75) is 31.6 Å². The van der Waals surface area contributed by atoms with Gasteiger partial charge in [0.15, 0.2) is 5.78 Å². The molecule has 2 fully saturated rings. The zero-order valence-electron chi connectivity index (χ0n) is 10.3. The Morgan fingerprint density at radius 3 is 2.41 bits per heavy atom. The molecule has 0 radical (unpaired) electrons. The number of anilines is 2. The molecule has 2 saturated carbocycles. The number of carbonyl (C=O) groups excluding carboxylic acids is 1. The van der Waals surface area contributed by atoms with Crippen LogP contribution in [0.4, 0.5) is 10.7 Å². The maximum atomic E-state index is 12.2. The van der Waals surface area contributed by atoms with Gasteiger partial charge in [0.05, 0.1) is 15.6 Å². The van der Waals surface area contributed by atoms with E-state index in [0.717, 1.165) is 23.4 Å². The molecule has 92 valence electrons. The fourth-order valence-corrected chi connectivity index (χ4v) is 3.51. The summed E-state index contributed by atoms with van der Waals surface area (Å²) in [6.07, 6.45) is 4.54. The highest BCUT2D eigenvalue weighted by Crippen LogP contribution is 2.52. The molecule has 0 aromatic carbocycles. The van der Waals surface area contributed by atoms with E-state index >= 15 is 0 Å². The van der Waals surface area contributed by atoms with Gasteiger partial charge in [-0.3, -0.25) is 4.79 Å². The summed E-state index contributed by atoms with van der Waals surface area (Å²) in [4.78, 5) is 15.1. The minimum absolute atomic E-state index is 0.262. The third-order valence-corrected chi connectivity index (χ3v) is 4.93. The molecule has 0 amide bonds. The fourth-order valence-electron chi connectivity index (χ4n) is 2.26. The first kappa shape index (κ1) is 11.1. The van der Waals surface area contributed by atoms with Crippen LogP contribution in [0.1, 0.15) is 46.8 Å². The second kappa shape index (κ2) is 3.73. The lowest BCUT2D eigenvalue weighted by molar-refractivity contribution is 0.0972. The first-order valence-electron chi connectivity index (χ1n) is 6.23. The van der Waals surface area contributed by atoms with Crippen molar-refractivity contribution in [1.29, 1.82) is 0 Å². The smallest absolute Gasteiger partial charge is 0.178 e. The summed E-state index contributed by atoms with van der Waals surface area (Å²) >= 11 is 1.59. The summed E-state index contributed by atoms with van der Waals surface area (Å²) in [7, 11) is 4.06. The quantitative estimate of drug-likeness (QED) is 0.836. The van der Waals surface area contributed by atoms with Gasteiger partial charge in [-0.25, -0.2) is 0 Å². The molecule has 0 unspecified atom stereocenters. The molecule has 0 atom stereocenters. The number of nitrogen functional groups attached to an aromatic ring is 1. The number of nitrogens with two attached hydrogens (primary N) is 1. The zero-order valence-corrected chi connectivity index (χ0v) is 11.1. The Morgan fingerprint density at radius 2 is 1.94 bits per heavy atom. The molecule has 0 spiro atoms. The van der Waals surface area contributed by atoms with Crippen LogP contribution >= 0.6 is 11.3 Å². The molecule has 4 heteroatoms. The predicted octanol–water partition coefficient (Wildman–Crippen LogP) is 2.87. The lowest BCUT2D eigenvalue weighted by Gasteiger charge is -2.12. The maximum absolute atomic E-state index is 12.2. The summed E-state index contributed by atoms with van der Waals surface area (Å²) in [6.45, 7) is 0. The molecule has 2 aliphatic carbocycles. The van der Waals surface area contributed by atoms with E-state index in [2.05, 4.69) is 4.90 Å². The molecule has 3 rings (SSSR count). The van der Waals surface area contributed by atoms with Crippen LogP contribution in [-0.2, 0) is 0 Å². The van der Waals surface area contributed by atoms with Crippen molar-refractivity contribution in [1.82, 2.24) is 0 Å². The topological polar surface area (TPSA) is 46.3 Å². The van der Waals surface area contributed by atoms with Crippen molar-refractivity contribution in [3.8, 4) is 0 Å². The predicted molar refractivity (Wildman–Crippen MR) is 72.1 cm³/mol. The van der Waals surface area contributed by atoms with Crippen molar-refractivity contribution in [2.24, 2.45) is 5.92 Å². The molecule has 0 aliphatic heterocycles. The van der Waals surface area contributed by atoms with Gasteiger partial charge in [0.25, 0.3) is 0 Å². The van der Waals surface area contributed by atoms with E-state index in [-0.39, 0.29) is 11.7 Å². The van der Waals surface area contributed by atoms with Crippen LogP contribution in [0.15, 0.2) is 0 Å². The van der Waals surface area contributed by atoms with Crippen LogP contribution in [-0.4, -0.2) is 19.9 Å². The maximum Gasteiger partial charge on any atom is 0.178 e. The van der Waals surface area contributed by atoms with Crippen LogP contribution in [0.25, 0.3) is 0 Å². The standard InChI is InChI=1S/C13H18N2OS/c1-15(2)13-9(7-3-4-7)10(14)12(17-13)11(16)8-5-6-8/h7-8H,3-6,14H2,1-2H3. The van der Waals surface area contributed by atoms with E-state index < -0.39 is 0 Å². The summed E-state index contributed by atoms with van der Waals surface area (Å²) in [5.41, 5.74) is 8.23. The van der Waals surface area contributed by atoms with E-state index in [4.69, 9.17) is 5.73 Å². The number of Topliss-reactive ketones (excluding diaryl/α,β-unsaturated/α-hetero) is 1. The average molecular weight is 250 g/mol. The molecule has 1 aromatic heterocycles. The Balaban J connectivity index is 2.03. The van der Waals surface area contributed by atoms with Crippen LogP contribution in [0.2, 0.25) is 0 Å². The Labute approximate surface area is 106 Å². The molecule has 2 aliphatic rings.